The van der Waals surface area contributed by atoms with Gasteiger partial charge in [0.1, 0.15) is 0 Å². The van der Waals surface area contributed by atoms with Crippen molar-refractivity contribution in [2.45, 2.75) is 38.6 Å². The number of rotatable bonds is 4. The van der Waals surface area contributed by atoms with Crippen LogP contribution in [0.2, 0.25) is 0 Å². The third-order valence-corrected chi connectivity index (χ3v) is 4.04. The molecule has 0 spiro atoms. The molecule has 2 rings (SSSR count). The topological polar surface area (TPSA) is 41.1 Å². The Labute approximate surface area is 115 Å². The number of hydrogen-bond donors (Lipinski definition) is 2. The first-order valence-electron chi connectivity index (χ1n) is 7.28. The quantitative estimate of drug-likeness (QED) is 0.872. The largest absolute Gasteiger partial charge is 0.352 e. The highest BCUT2D eigenvalue weighted by Crippen LogP contribution is 2.20. The van der Waals surface area contributed by atoms with Crippen LogP contribution in [0.15, 0.2) is 30.3 Å². The lowest BCUT2D eigenvalue weighted by Crippen LogP contribution is -2.49. The van der Waals surface area contributed by atoms with E-state index in [4.69, 9.17) is 0 Å². The normalized spacial score (nSPS) is 24.7. The Balaban J connectivity index is 2.01. The molecule has 1 saturated heterocycles. The van der Waals surface area contributed by atoms with Crippen molar-refractivity contribution < 1.29 is 4.79 Å². The molecule has 1 fully saturated rings. The monoisotopic (exact) mass is 260 g/mol. The van der Waals surface area contributed by atoms with Crippen LogP contribution in [-0.2, 0) is 4.79 Å². The number of amides is 1. The summed E-state index contributed by atoms with van der Waals surface area (Å²) in [6, 6.07) is 10.4. The highest BCUT2D eigenvalue weighted by atomic mass is 16.1. The summed E-state index contributed by atoms with van der Waals surface area (Å²) < 4.78 is 0. The maximum atomic E-state index is 12.5. The van der Waals surface area contributed by atoms with E-state index in [1.807, 2.05) is 30.3 Å². The summed E-state index contributed by atoms with van der Waals surface area (Å²) in [6.45, 7) is 6.26. The number of nitrogens with one attached hydrogen (secondary N) is 2. The van der Waals surface area contributed by atoms with E-state index in [0.717, 1.165) is 31.5 Å². The van der Waals surface area contributed by atoms with Gasteiger partial charge >= 0.3 is 0 Å². The molecule has 3 unspecified atom stereocenters. The van der Waals surface area contributed by atoms with Crippen molar-refractivity contribution in [2.75, 3.05) is 13.1 Å². The lowest BCUT2D eigenvalue weighted by Gasteiger charge is -2.31. The van der Waals surface area contributed by atoms with Crippen LogP contribution < -0.4 is 10.6 Å². The minimum Gasteiger partial charge on any atom is -0.352 e. The maximum Gasteiger partial charge on any atom is 0.227 e. The lowest BCUT2D eigenvalue weighted by atomic mass is 9.92. The van der Waals surface area contributed by atoms with Gasteiger partial charge in [0.15, 0.2) is 0 Å². The van der Waals surface area contributed by atoms with Crippen LogP contribution in [0, 0.1) is 5.92 Å². The van der Waals surface area contributed by atoms with Gasteiger partial charge in [-0.3, -0.25) is 4.79 Å². The molecule has 1 amide bonds. The van der Waals surface area contributed by atoms with Crippen LogP contribution in [-0.4, -0.2) is 25.0 Å². The Hall–Kier alpha value is -1.35. The summed E-state index contributed by atoms with van der Waals surface area (Å²) >= 11 is 0. The molecule has 3 atom stereocenters. The maximum absolute atomic E-state index is 12.5. The van der Waals surface area contributed by atoms with E-state index in [0.29, 0.717) is 12.0 Å². The zero-order valence-corrected chi connectivity index (χ0v) is 11.9. The van der Waals surface area contributed by atoms with Crippen molar-refractivity contribution in [3.05, 3.63) is 35.9 Å². The molecule has 104 valence electrons. The van der Waals surface area contributed by atoms with E-state index < -0.39 is 0 Å². The summed E-state index contributed by atoms with van der Waals surface area (Å²) in [4.78, 5) is 12.5. The predicted molar refractivity (Wildman–Crippen MR) is 78.1 cm³/mol. The summed E-state index contributed by atoms with van der Waals surface area (Å²) in [5, 5.41) is 6.60. The molecule has 0 aliphatic carbocycles. The number of carbonyl (C=O) groups is 1. The van der Waals surface area contributed by atoms with Crippen molar-refractivity contribution in [3.8, 4) is 0 Å². The van der Waals surface area contributed by atoms with E-state index in [1.165, 1.54) is 0 Å². The molecule has 0 radical (unpaired) electrons. The molecule has 0 bridgehead atoms. The lowest BCUT2D eigenvalue weighted by molar-refractivity contribution is -0.123. The second-order valence-electron chi connectivity index (χ2n) is 5.46. The van der Waals surface area contributed by atoms with Crippen LogP contribution in [0.3, 0.4) is 0 Å². The molecule has 1 aromatic rings. The molecule has 0 aromatic heterocycles. The Bertz CT molecular complexity index is 404. The molecule has 1 heterocycles. The van der Waals surface area contributed by atoms with Crippen molar-refractivity contribution in [3.63, 3.8) is 0 Å². The van der Waals surface area contributed by atoms with Crippen LogP contribution in [0.1, 0.15) is 38.2 Å². The fourth-order valence-corrected chi connectivity index (χ4v) is 2.77. The first kappa shape index (κ1) is 14.1. The van der Waals surface area contributed by atoms with Crippen molar-refractivity contribution in [1.29, 1.82) is 0 Å². The summed E-state index contributed by atoms with van der Waals surface area (Å²) in [5.74, 6) is 0.654. The SMILES string of the molecule is CCC(C(=O)NC1CCNCC1C)c1ccccc1. The van der Waals surface area contributed by atoms with Gasteiger partial charge in [0.05, 0.1) is 5.92 Å². The van der Waals surface area contributed by atoms with Gasteiger partial charge in [-0.15, -0.1) is 0 Å². The van der Waals surface area contributed by atoms with Crippen molar-refractivity contribution in [2.24, 2.45) is 5.92 Å². The Morgan fingerprint density at radius 1 is 1.42 bits per heavy atom. The van der Waals surface area contributed by atoms with E-state index in [1.54, 1.807) is 0 Å². The molecule has 1 aliphatic rings. The fourth-order valence-electron chi connectivity index (χ4n) is 2.77. The van der Waals surface area contributed by atoms with Gasteiger partial charge in [-0.05, 0) is 37.4 Å². The number of benzene rings is 1. The van der Waals surface area contributed by atoms with Gasteiger partial charge in [-0.25, -0.2) is 0 Å². The van der Waals surface area contributed by atoms with Crippen LogP contribution in [0.5, 0.6) is 0 Å². The molecule has 1 aromatic carbocycles. The second kappa shape index (κ2) is 6.71. The molecule has 0 saturated carbocycles. The van der Waals surface area contributed by atoms with Gasteiger partial charge in [-0.1, -0.05) is 44.2 Å². The van der Waals surface area contributed by atoms with Gasteiger partial charge in [0, 0.05) is 6.04 Å². The summed E-state index contributed by atoms with van der Waals surface area (Å²) in [7, 11) is 0. The Morgan fingerprint density at radius 3 is 2.79 bits per heavy atom. The standard InChI is InChI=1S/C16H24N2O/c1-3-14(13-7-5-4-6-8-13)16(19)18-15-9-10-17-11-12(15)2/h4-8,12,14-15,17H,3,9-11H2,1-2H3,(H,18,19). The number of carbonyl (C=O) groups excluding carboxylic acids is 1. The molecule has 2 N–H and O–H groups in total. The Morgan fingerprint density at radius 2 is 2.16 bits per heavy atom. The minimum atomic E-state index is -0.0247. The van der Waals surface area contributed by atoms with Crippen molar-refractivity contribution >= 4 is 5.91 Å². The van der Waals surface area contributed by atoms with Gasteiger partial charge in [-0.2, -0.15) is 0 Å². The van der Waals surface area contributed by atoms with Crippen LogP contribution >= 0.6 is 0 Å². The third-order valence-electron chi connectivity index (χ3n) is 4.04. The second-order valence-corrected chi connectivity index (χ2v) is 5.46. The fraction of sp³-hybridized carbons (Fsp3) is 0.562. The van der Waals surface area contributed by atoms with Crippen LogP contribution in [0.4, 0.5) is 0 Å². The molecule has 3 heteroatoms. The summed E-state index contributed by atoms with van der Waals surface area (Å²) in [6.07, 6.45) is 1.87. The number of hydrogen-bond acceptors (Lipinski definition) is 2. The zero-order valence-electron chi connectivity index (χ0n) is 11.9. The van der Waals surface area contributed by atoms with E-state index >= 15 is 0 Å². The average Bonchev–Trinajstić information content (AvgIpc) is 2.43. The average molecular weight is 260 g/mol. The summed E-state index contributed by atoms with van der Waals surface area (Å²) in [5.41, 5.74) is 1.11. The predicted octanol–water partition coefficient (Wildman–Crippen LogP) is 2.29. The smallest absolute Gasteiger partial charge is 0.227 e. The van der Waals surface area contributed by atoms with Crippen LogP contribution in [0.25, 0.3) is 0 Å². The minimum absolute atomic E-state index is 0.0247. The molecular formula is C16H24N2O. The van der Waals surface area contributed by atoms with E-state index in [-0.39, 0.29) is 11.8 Å². The van der Waals surface area contributed by atoms with Gasteiger partial charge < -0.3 is 10.6 Å². The highest BCUT2D eigenvalue weighted by molar-refractivity contribution is 5.83. The zero-order chi connectivity index (χ0) is 13.7. The van der Waals surface area contributed by atoms with Gasteiger partial charge in [0.2, 0.25) is 5.91 Å². The molecule has 3 nitrogen and oxygen atoms in total. The molecular weight excluding hydrogens is 236 g/mol. The Kier molecular flexibility index (Phi) is 4.97. The first-order valence-corrected chi connectivity index (χ1v) is 7.28. The molecule has 19 heavy (non-hydrogen) atoms. The molecule has 1 aliphatic heterocycles. The number of piperidine rings is 1. The van der Waals surface area contributed by atoms with E-state index in [2.05, 4.69) is 24.5 Å². The highest BCUT2D eigenvalue weighted by Gasteiger charge is 2.26. The van der Waals surface area contributed by atoms with Gasteiger partial charge in [0.25, 0.3) is 0 Å². The third kappa shape index (κ3) is 3.57. The van der Waals surface area contributed by atoms with Crippen molar-refractivity contribution in [1.82, 2.24) is 10.6 Å². The first-order chi connectivity index (χ1) is 9.22. The van der Waals surface area contributed by atoms with E-state index in [9.17, 15) is 4.79 Å².